The van der Waals surface area contributed by atoms with Crippen LogP contribution in [0.3, 0.4) is 0 Å². The van der Waals surface area contributed by atoms with Gasteiger partial charge in [0.2, 0.25) is 0 Å². The van der Waals surface area contributed by atoms with Gasteiger partial charge >= 0.3 is 0 Å². The van der Waals surface area contributed by atoms with Gasteiger partial charge in [0.15, 0.2) is 0 Å². The number of anilines is 1. The van der Waals surface area contributed by atoms with Crippen molar-refractivity contribution in [2.75, 3.05) is 12.4 Å². The largest absolute Gasteiger partial charge is 0.497 e. The molecular formula is C18H18N2O2. The van der Waals surface area contributed by atoms with Gasteiger partial charge in [-0.05, 0) is 55.8 Å². The van der Waals surface area contributed by atoms with E-state index in [0.29, 0.717) is 17.0 Å². The molecule has 2 aromatic carbocycles. The van der Waals surface area contributed by atoms with Gasteiger partial charge in [-0.3, -0.25) is 4.79 Å². The zero-order chi connectivity index (χ0) is 16.2. The molecule has 112 valence electrons. The summed E-state index contributed by atoms with van der Waals surface area (Å²) in [6, 6.07) is 16.5. The van der Waals surface area contributed by atoms with Crippen molar-refractivity contribution in [1.29, 1.82) is 5.26 Å². The first-order valence-corrected chi connectivity index (χ1v) is 6.93. The quantitative estimate of drug-likeness (QED) is 0.934. The molecule has 4 heteroatoms. The van der Waals surface area contributed by atoms with Gasteiger partial charge in [-0.2, -0.15) is 5.26 Å². The molecule has 0 saturated carbocycles. The van der Waals surface area contributed by atoms with Crippen molar-refractivity contribution in [3.8, 4) is 11.8 Å². The highest BCUT2D eigenvalue weighted by atomic mass is 16.5. The molecule has 0 heterocycles. The third-order valence-corrected chi connectivity index (χ3v) is 3.50. The van der Waals surface area contributed by atoms with E-state index in [1.165, 1.54) is 0 Å². The van der Waals surface area contributed by atoms with E-state index in [9.17, 15) is 4.79 Å². The first-order chi connectivity index (χ1) is 10.5. The summed E-state index contributed by atoms with van der Waals surface area (Å²) in [4.78, 5) is 12.1. The van der Waals surface area contributed by atoms with E-state index in [0.717, 1.165) is 5.56 Å². The van der Waals surface area contributed by atoms with Gasteiger partial charge in [-0.25, -0.2) is 0 Å². The molecule has 0 aromatic heterocycles. The van der Waals surface area contributed by atoms with E-state index in [2.05, 4.69) is 11.4 Å². The second-order valence-corrected chi connectivity index (χ2v) is 5.50. The third kappa shape index (κ3) is 3.44. The molecule has 4 nitrogen and oxygen atoms in total. The number of carbonyl (C=O) groups is 1. The Morgan fingerprint density at radius 3 is 2.18 bits per heavy atom. The Hall–Kier alpha value is -2.80. The molecule has 0 fully saturated rings. The number of carbonyl (C=O) groups excluding carboxylic acids is 1. The van der Waals surface area contributed by atoms with Gasteiger partial charge in [0.1, 0.15) is 5.75 Å². The number of nitrogens with zero attached hydrogens (tertiary/aromatic N) is 1. The van der Waals surface area contributed by atoms with E-state index in [-0.39, 0.29) is 5.91 Å². The highest BCUT2D eigenvalue weighted by molar-refractivity contribution is 6.04. The molecule has 0 aliphatic carbocycles. The van der Waals surface area contributed by atoms with Crippen LogP contribution in [0.15, 0.2) is 48.5 Å². The first kappa shape index (κ1) is 15.6. The van der Waals surface area contributed by atoms with E-state index in [1.54, 1.807) is 43.5 Å². The molecule has 0 bridgehead atoms. The van der Waals surface area contributed by atoms with Crippen LogP contribution in [0.4, 0.5) is 5.69 Å². The van der Waals surface area contributed by atoms with Gasteiger partial charge in [-0.15, -0.1) is 0 Å². The summed E-state index contributed by atoms with van der Waals surface area (Å²) in [6.07, 6.45) is 0. The number of nitriles is 1. The maximum Gasteiger partial charge on any atom is 0.255 e. The second kappa shape index (κ2) is 6.31. The van der Waals surface area contributed by atoms with Crippen molar-refractivity contribution in [1.82, 2.24) is 0 Å². The molecule has 0 saturated heterocycles. The van der Waals surface area contributed by atoms with Crippen LogP contribution >= 0.6 is 0 Å². The van der Waals surface area contributed by atoms with Gasteiger partial charge in [0.05, 0.1) is 18.6 Å². The molecule has 0 unspecified atom stereocenters. The zero-order valence-corrected chi connectivity index (χ0v) is 12.9. The lowest BCUT2D eigenvalue weighted by Gasteiger charge is -2.16. The number of ether oxygens (including phenoxy) is 1. The molecule has 2 rings (SSSR count). The maximum atomic E-state index is 12.1. The zero-order valence-electron chi connectivity index (χ0n) is 12.9. The van der Waals surface area contributed by atoms with Gasteiger partial charge in [0, 0.05) is 11.3 Å². The number of amides is 1. The van der Waals surface area contributed by atoms with Crippen molar-refractivity contribution in [2.45, 2.75) is 19.3 Å². The topological polar surface area (TPSA) is 62.1 Å². The Kier molecular flexibility index (Phi) is 4.47. The minimum absolute atomic E-state index is 0.185. The first-order valence-electron chi connectivity index (χ1n) is 6.93. The summed E-state index contributed by atoms with van der Waals surface area (Å²) in [7, 11) is 1.58. The molecule has 22 heavy (non-hydrogen) atoms. The van der Waals surface area contributed by atoms with Crippen LogP contribution in [0, 0.1) is 11.3 Å². The van der Waals surface area contributed by atoms with Gasteiger partial charge < -0.3 is 10.1 Å². The van der Waals surface area contributed by atoms with Crippen molar-refractivity contribution < 1.29 is 9.53 Å². The molecule has 0 spiro atoms. The summed E-state index contributed by atoms with van der Waals surface area (Å²) in [5, 5.41) is 12.0. The fourth-order valence-electron chi connectivity index (χ4n) is 1.98. The maximum absolute atomic E-state index is 12.1. The summed E-state index contributed by atoms with van der Waals surface area (Å²) in [6.45, 7) is 3.72. The average Bonchev–Trinajstić information content (AvgIpc) is 2.55. The number of rotatable bonds is 4. The molecule has 0 aliphatic rings. The predicted octanol–water partition coefficient (Wildman–Crippen LogP) is 3.75. The molecule has 0 radical (unpaired) electrons. The Bertz CT molecular complexity index is 695. The molecular weight excluding hydrogens is 276 g/mol. The number of hydrogen-bond acceptors (Lipinski definition) is 3. The van der Waals surface area contributed by atoms with Crippen molar-refractivity contribution in [3.63, 3.8) is 0 Å². The van der Waals surface area contributed by atoms with E-state index < -0.39 is 5.41 Å². The Morgan fingerprint density at radius 2 is 1.68 bits per heavy atom. The summed E-state index contributed by atoms with van der Waals surface area (Å²) in [5.41, 5.74) is 1.62. The number of hydrogen-bond donors (Lipinski definition) is 1. The Labute approximate surface area is 130 Å². The summed E-state index contributed by atoms with van der Waals surface area (Å²) in [5.74, 6) is 0.523. The van der Waals surface area contributed by atoms with E-state index in [1.807, 2.05) is 26.0 Å². The highest BCUT2D eigenvalue weighted by Gasteiger charge is 2.19. The number of methoxy groups -OCH3 is 1. The van der Waals surface area contributed by atoms with Crippen LogP contribution in [-0.4, -0.2) is 13.0 Å². The highest BCUT2D eigenvalue weighted by Crippen LogP contribution is 2.23. The van der Waals surface area contributed by atoms with Crippen LogP contribution < -0.4 is 10.1 Å². The monoisotopic (exact) mass is 294 g/mol. The van der Waals surface area contributed by atoms with Crippen molar-refractivity contribution in [2.24, 2.45) is 0 Å². The average molecular weight is 294 g/mol. The van der Waals surface area contributed by atoms with Crippen molar-refractivity contribution in [3.05, 3.63) is 59.7 Å². The molecule has 2 aromatic rings. The van der Waals surface area contributed by atoms with Crippen LogP contribution in [0.25, 0.3) is 0 Å². The third-order valence-electron chi connectivity index (χ3n) is 3.50. The second-order valence-electron chi connectivity index (χ2n) is 5.50. The normalized spacial score (nSPS) is 10.6. The van der Waals surface area contributed by atoms with Crippen LogP contribution in [0.1, 0.15) is 29.8 Å². The summed E-state index contributed by atoms with van der Waals surface area (Å²) < 4.78 is 5.06. The van der Waals surface area contributed by atoms with Crippen LogP contribution in [0.2, 0.25) is 0 Å². The lowest BCUT2D eigenvalue weighted by molar-refractivity contribution is 0.102. The minimum atomic E-state index is -0.543. The fraction of sp³-hybridized carbons (Fsp3) is 0.222. The summed E-state index contributed by atoms with van der Waals surface area (Å²) >= 11 is 0. The SMILES string of the molecule is COc1ccc(C(=O)Nc2ccc(C(C)(C)C#N)cc2)cc1. The smallest absolute Gasteiger partial charge is 0.255 e. The van der Waals surface area contributed by atoms with E-state index >= 15 is 0 Å². The standard InChI is InChI=1S/C18H18N2O2/c1-18(2,12-19)14-6-8-15(9-7-14)20-17(21)13-4-10-16(22-3)11-5-13/h4-11H,1-3H3,(H,20,21). The number of nitrogens with one attached hydrogen (secondary N) is 1. The lowest BCUT2D eigenvalue weighted by Crippen LogP contribution is -2.15. The predicted molar refractivity (Wildman–Crippen MR) is 86.0 cm³/mol. The van der Waals surface area contributed by atoms with E-state index in [4.69, 9.17) is 10.00 Å². The van der Waals surface area contributed by atoms with Crippen LogP contribution in [-0.2, 0) is 5.41 Å². The fourth-order valence-corrected chi connectivity index (χ4v) is 1.98. The molecule has 1 amide bonds. The van der Waals surface area contributed by atoms with Gasteiger partial charge in [-0.1, -0.05) is 12.1 Å². The minimum Gasteiger partial charge on any atom is -0.497 e. The lowest BCUT2D eigenvalue weighted by atomic mass is 9.86. The van der Waals surface area contributed by atoms with Crippen molar-refractivity contribution >= 4 is 11.6 Å². The Balaban J connectivity index is 2.10. The molecule has 0 aliphatic heterocycles. The van der Waals surface area contributed by atoms with Crippen LogP contribution in [0.5, 0.6) is 5.75 Å². The molecule has 0 atom stereocenters. The Morgan fingerprint density at radius 1 is 1.09 bits per heavy atom. The molecule has 1 N–H and O–H groups in total. The van der Waals surface area contributed by atoms with Gasteiger partial charge in [0.25, 0.3) is 5.91 Å². The number of benzene rings is 2.